The lowest BCUT2D eigenvalue weighted by molar-refractivity contribution is -0.00243. The van der Waals surface area contributed by atoms with Gasteiger partial charge < -0.3 is 10.2 Å². The number of aliphatic hydroxyl groups is 2. The second-order valence-corrected chi connectivity index (χ2v) is 5.13. The Morgan fingerprint density at radius 2 is 1.59 bits per heavy atom. The third kappa shape index (κ3) is 4.92. The van der Waals surface area contributed by atoms with Crippen LogP contribution in [0.15, 0.2) is 0 Å². The number of β-amino-alcohol motifs (C(OH)–C–C–N with tert-alkyl or cyclic N) is 2. The maximum Gasteiger partial charge on any atom is 0.0768 e. The summed E-state index contributed by atoms with van der Waals surface area (Å²) >= 11 is 0. The second-order valence-electron chi connectivity index (χ2n) is 5.13. The molecule has 1 saturated heterocycles. The van der Waals surface area contributed by atoms with Crippen LogP contribution in [0.25, 0.3) is 0 Å². The van der Waals surface area contributed by atoms with E-state index in [1.54, 1.807) is 0 Å². The third-order valence-corrected chi connectivity index (χ3v) is 3.93. The van der Waals surface area contributed by atoms with Gasteiger partial charge in [0.05, 0.1) is 12.2 Å². The van der Waals surface area contributed by atoms with Gasteiger partial charge in [0.2, 0.25) is 0 Å². The van der Waals surface area contributed by atoms with Gasteiger partial charge in [-0.05, 0) is 32.4 Å². The summed E-state index contributed by atoms with van der Waals surface area (Å²) in [5, 5.41) is 19.3. The van der Waals surface area contributed by atoms with Crippen LogP contribution in [0, 0.1) is 0 Å². The Labute approximate surface area is 105 Å². The van der Waals surface area contributed by atoms with E-state index in [4.69, 9.17) is 5.11 Å². The van der Waals surface area contributed by atoms with E-state index >= 15 is 0 Å². The Balaban J connectivity index is 2.40. The van der Waals surface area contributed by atoms with Gasteiger partial charge in [-0.25, -0.2) is 0 Å². The lowest BCUT2D eigenvalue weighted by Gasteiger charge is -2.32. The van der Waals surface area contributed by atoms with Crippen LogP contribution in [-0.2, 0) is 0 Å². The van der Waals surface area contributed by atoms with Crippen molar-refractivity contribution in [3.05, 3.63) is 0 Å². The van der Waals surface area contributed by atoms with E-state index in [9.17, 15) is 5.11 Å². The fraction of sp³-hybridized carbons (Fsp3) is 1.00. The second kappa shape index (κ2) is 7.31. The number of rotatable bonds is 6. The Bertz CT molecular complexity index is 208. The summed E-state index contributed by atoms with van der Waals surface area (Å²) in [6.45, 7) is 10.0. The molecular formula is C13H28N2O2. The molecule has 1 fully saturated rings. The van der Waals surface area contributed by atoms with Crippen LogP contribution < -0.4 is 0 Å². The Morgan fingerprint density at radius 1 is 1.00 bits per heavy atom. The highest BCUT2D eigenvalue weighted by Gasteiger charge is 2.26. The maximum absolute atomic E-state index is 10.3. The van der Waals surface area contributed by atoms with Crippen molar-refractivity contribution in [1.82, 2.24) is 9.80 Å². The Morgan fingerprint density at radius 3 is 2.18 bits per heavy atom. The molecule has 0 aromatic rings. The Kier molecular flexibility index (Phi) is 6.41. The smallest absolute Gasteiger partial charge is 0.0768 e. The number of hydrogen-bond acceptors (Lipinski definition) is 4. The summed E-state index contributed by atoms with van der Waals surface area (Å²) in [4.78, 5) is 4.67. The van der Waals surface area contributed by atoms with Gasteiger partial charge in [0, 0.05) is 26.2 Å². The molecule has 1 aliphatic heterocycles. The summed E-state index contributed by atoms with van der Waals surface area (Å²) in [6, 6.07) is 0. The molecule has 0 spiro atoms. The van der Waals surface area contributed by atoms with Crippen molar-refractivity contribution in [2.24, 2.45) is 0 Å². The molecule has 4 heteroatoms. The molecule has 0 bridgehead atoms. The highest BCUT2D eigenvalue weighted by molar-refractivity contribution is 4.81. The van der Waals surface area contributed by atoms with E-state index in [2.05, 4.69) is 23.6 Å². The van der Waals surface area contributed by atoms with E-state index in [1.165, 1.54) is 0 Å². The minimum absolute atomic E-state index is 0.244. The summed E-state index contributed by atoms with van der Waals surface area (Å²) < 4.78 is 0. The number of aliphatic hydroxyl groups excluding tert-OH is 1. The first-order valence-corrected chi connectivity index (χ1v) is 6.91. The first-order chi connectivity index (χ1) is 8.13. The van der Waals surface area contributed by atoms with Crippen LogP contribution in [0.4, 0.5) is 0 Å². The van der Waals surface area contributed by atoms with E-state index in [0.29, 0.717) is 0 Å². The zero-order valence-corrected chi connectivity index (χ0v) is 11.4. The third-order valence-electron chi connectivity index (χ3n) is 3.93. The predicted molar refractivity (Wildman–Crippen MR) is 70.1 cm³/mol. The standard InChI is InChI=1S/C13H28N2O2/c1-3-13(17,4-2)12-15-7-5-6-14(8-9-15)10-11-16/h16-17H,3-12H2,1-2H3. The Hall–Kier alpha value is -0.160. The number of hydrogen-bond donors (Lipinski definition) is 2. The molecule has 0 saturated carbocycles. The molecule has 0 aromatic carbocycles. The largest absolute Gasteiger partial charge is 0.395 e. The van der Waals surface area contributed by atoms with Crippen molar-refractivity contribution in [3.63, 3.8) is 0 Å². The molecule has 0 aromatic heterocycles. The molecular weight excluding hydrogens is 216 g/mol. The normalized spacial score (nSPS) is 20.5. The van der Waals surface area contributed by atoms with Gasteiger partial charge in [-0.1, -0.05) is 13.8 Å². The first kappa shape index (κ1) is 14.9. The topological polar surface area (TPSA) is 46.9 Å². The fourth-order valence-corrected chi connectivity index (χ4v) is 2.44. The van der Waals surface area contributed by atoms with Crippen molar-refractivity contribution < 1.29 is 10.2 Å². The summed E-state index contributed by atoms with van der Waals surface area (Å²) in [6.07, 6.45) is 2.77. The van der Waals surface area contributed by atoms with Crippen molar-refractivity contribution in [3.8, 4) is 0 Å². The highest BCUT2D eigenvalue weighted by atomic mass is 16.3. The maximum atomic E-state index is 10.3. The lowest BCUT2D eigenvalue weighted by atomic mass is 9.97. The monoisotopic (exact) mass is 244 g/mol. The zero-order valence-electron chi connectivity index (χ0n) is 11.4. The molecule has 1 aliphatic rings. The minimum atomic E-state index is -0.522. The van der Waals surface area contributed by atoms with Crippen LogP contribution in [0.2, 0.25) is 0 Å². The minimum Gasteiger partial charge on any atom is -0.395 e. The van der Waals surface area contributed by atoms with Crippen molar-refractivity contribution >= 4 is 0 Å². The molecule has 1 rings (SSSR count). The van der Waals surface area contributed by atoms with Gasteiger partial charge in [-0.15, -0.1) is 0 Å². The predicted octanol–water partition coefficient (Wildman–Crippen LogP) is 0.538. The van der Waals surface area contributed by atoms with E-state index in [-0.39, 0.29) is 6.61 Å². The van der Waals surface area contributed by atoms with Gasteiger partial charge >= 0.3 is 0 Å². The summed E-state index contributed by atoms with van der Waals surface area (Å²) in [5.41, 5.74) is -0.522. The molecule has 2 N–H and O–H groups in total. The van der Waals surface area contributed by atoms with Crippen LogP contribution in [0.1, 0.15) is 33.1 Å². The van der Waals surface area contributed by atoms with E-state index in [1.807, 2.05) is 0 Å². The fourth-order valence-electron chi connectivity index (χ4n) is 2.44. The van der Waals surface area contributed by atoms with Crippen LogP contribution in [0.3, 0.4) is 0 Å². The molecule has 1 heterocycles. The molecule has 102 valence electrons. The molecule has 17 heavy (non-hydrogen) atoms. The van der Waals surface area contributed by atoms with E-state index < -0.39 is 5.60 Å². The van der Waals surface area contributed by atoms with Gasteiger partial charge in [0.25, 0.3) is 0 Å². The van der Waals surface area contributed by atoms with Crippen molar-refractivity contribution in [2.75, 3.05) is 45.9 Å². The van der Waals surface area contributed by atoms with Gasteiger partial charge in [0.1, 0.15) is 0 Å². The summed E-state index contributed by atoms with van der Waals surface area (Å²) in [7, 11) is 0. The molecule has 0 amide bonds. The zero-order chi connectivity index (χ0) is 12.7. The molecule has 0 aliphatic carbocycles. The van der Waals surface area contributed by atoms with Crippen LogP contribution in [0.5, 0.6) is 0 Å². The molecule has 0 unspecified atom stereocenters. The number of nitrogens with zero attached hydrogens (tertiary/aromatic N) is 2. The quantitative estimate of drug-likeness (QED) is 0.716. The summed E-state index contributed by atoms with van der Waals surface area (Å²) in [5.74, 6) is 0. The van der Waals surface area contributed by atoms with Crippen molar-refractivity contribution in [1.29, 1.82) is 0 Å². The molecule has 4 nitrogen and oxygen atoms in total. The SMILES string of the molecule is CCC(O)(CC)CN1CCCN(CCO)CC1. The van der Waals surface area contributed by atoms with Crippen LogP contribution >= 0.6 is 0 Å². The van der Waals surface area contributed by atoms with E-state index in [0.717, 1.165) is 58.5 Å². The lowest BCUT2D eigenvalue weighted by Crippen LogP contribution is -2.43. The van der Waals surface area contributed by atoms with Gasteiger partial charge in [0.15, 0.2) is 0 Å². The van der Waals surface area contributed by atoms with Gasteiger partial charge in [-0.2, -0.15) is 0 Å². The average molecular weight is 244 g/mol. The molecule has 0 radical (unpaired) electrons. The highest BCUT2D eigenvalue weighted by Crippen LogP contribution is 2.17. The first-order valence-electron chi connectivity index (χ1n) is 6.91. The van der Waals surface area contributed by atoms with Crippen molar-refractivity contribution in [2.45, 2.75) is 38.7 Å². The van der Waals surface area contributed by atoms with Gasteiger partial charge in [-0.3, -0.25) is 9.80 Å². The average Bonchev–Trinajstić information content (AvgIpc) is 2.55. The molecule has 0 atom stereocenters. The van der Waals surface area contributed by atoms with Crippen LogP contribution in [-0.4, -0.2) is 71.5 Å².